The summed E-state index contributed by atoms with van der Waals surface area (Å²) in [6.07, 6.45) is 1.60. The Kier molecular flexibility index (Phi) is 5.11. The number of fused-ring (bicyclic) bond motifs is 2. The van der Waals surface area contributed by atoms with Gasteiger partial charge in [0, 0.05) is 18.4 Å². The molecule has 2 aliphatic heterocycles. The van der Waals surface area contributed by atoms with Crippen LogP contribution in [0.25, 0.3) is 0 Å². The summed E-state index contributed by atoms with van der Waals surface area (Å²) in [5.41, 5.74) is 0.619. The van der Waals surface area contributed by atoms with E-state index in [1.165, 1.54) is 7.11 Å². The Morgan fingerprint density at radius 1 is 1.17 bits per heavy atom. The molecule has 158 valence electrons. The number of methoxy groups -OCH3 is 3. The summed E-state index contributed by atoms with van der Waals surface area (Å²) in [6.45, 7) is 4.34. The Labute approximate surface area is 170 Å². The van der Waals surface area contributed by atoms with Crippen molar-refractivity contribution in [3.05, 3.63) is 29.2 Å². The molecule has 3 aliphatic rings. The van der Waals surface area contributed by atoms with Crippen molar-refractivity contribution in [3.63, 3.8) is 0 Å². The van der Waals surface area contributed by atoms with E-state index >= 15 is 0 Å². The van der Waals surface area contributed by atoms with E-state index in [0.717, 1.165) is 18.4 Å². The number of hydrogen-bond donors (Lipinski definition) is 0. The molecule has 1 aromatic rings. The first-order valence-electron chi connectivity index (χ1n) is 10.0. The summed E-state index contributed by atoms with van der Waals surface area (Å²) in [4.78, 5) is 12.8. The molecular formula is C22H28O7. The molecule has 2 heterocycles. The van der Waals surface area contributed by atoms with E-state index in [-0.39, 0.29) is 30.4 Å². The number of ketones is 1. The molecule has 1 fully saturated rings. The molecule has 1 aromatic carbocycles. The summed E-state index contributed by atoms with van der Waals surface area (Å²) >= 11 is 0. The Balaban J connectivity index is 1.90. The quantitative estimate of drug-likeness (QED) is 0.718. The lowest BCUT2D eigenvalue weighted by atomic mass is 9.62. The zero-order valence-electron chi connectivity index (χ0n) is 17.6. The van der Waals surface area contributed by atoms with Gasteiger partial charge >= 0.3 is 0 Å². The van der Waals surface area contributed by atoms with E-state index in [0.29, 0.717) is 29.4 Å². The third kappa shape index (κ3) is 2.86. The predicted octanol–water partition coefficient (Wildman–Crippen LogP) is 3.56. The molecule has 0 saturated carbocycles. The molecule has 1 aliphatic carbocycles. The lowest BCUT2D eigenvalue weighted by Crippen LogP contribution is -2.42. The molecule has 0 spiro atoms. The summed E-state index contributed by atoms with van der Waals surface area (Å²) in [5, 5.41) is 0. The van der Waals surface area contributed by atoms with E-state index in [1.54, 1.807) is 14.2 Å². The van der Waals surface area contributed by atoms with Gasteiger partial charge in [0.25, 0.3) is 0 Å². The van der Waals surface area contributed by atoms with E-state index in [9.17, 15) is 4.79 Å². The van der Waals surface area contributed by atoms with E-state index in [1.807, 2.05) is 19.1 Å². The monoisotopic (exact) mass is 404 g/mol. The van der Waals surface area contributed by atoms with Crippen LogP contribution in [0.3, 0.4) is 0 Å². The number of benzene rings is 1. The van der Waals surface area contributed by atoms with Gasteiger partial charge in [-0.3, -0.25) is 4.79 Å². The second kappa shape index (κ2) is 7.44. The molecule has 29 heavy (non-hydrogen) atoms. The highest BCUT2D eigenvalue weighted by Crippen LogP contribution is 2.61. The molecule has 0 radical (unpaired) electrons. The Hall–Kier alpha value is -2.41. The topological polar surface area (TPSA) is 72.5 Å². The van der Waals surface area contributed by atoms with Crippen molar-refractivity contribution in [2.45, 2.75) is 51.2 Å². The van der Waals surface area contributed by atoms with Crippen LogP contribution < -0.4 is 14.2 Å². The average molecular weight is 404 g/mol. The van der Waals surface area contributed by atoms with Crippen molar-refractivity contribution in [1.82, 2.24) is 0 Å². The molecule has 0 N–H and O–H groups in total. The number of Topliss-reactive ketones (excluding diaryl/α,β-unsaturated/α-hetero) is 1. The van der Waals surface area contributed by atoms with E-state index < -0.39 is 11.5 Å². The maximum Gasteiger partial charge on any atom is 0.231 e. The first-order valence-corrected chi connectivity index (χ1v) is 10.0. The highest BCUT2D eigenvalue weighted by molar-refractivity contribution is 5.99. The SMILES string of the molecule is CCC[C@]12C[C@H](OC)C(=O)C(OC)=C1O[C@H](C)[C@H]2c1cc(OC)c2c(c1)OCO2. The Morgan fingerprint density at radius 2 is 1.97 bits per heavy atom. The highest BCUT2D eigenvalue weighted by atomic mass is 16.7. The summed E-state index contributed by atoms with van der Waals surface area (Å²) in [7, 11) is 4.70. The summed E-state index contributed by atoms with van der Waals surface area (Å²) in [5.74, 6) is 2.66. The molecule has 0 bridgehead atoms. The molecule has 7 heteroatoms. The number of carbonyl (C=O) groups is 1. The first kappa shape index (κ1) is 19.9. The predicted molar refractivity (Wildman–Crippen MR) is 104 cm³/mol. The van der Waals surface area contributed by atoms with Gasteiger partial charge in [0.05, 0.1) is 14.2 Å². The van der Waals surface area contributed by atoms with Gasteiger partial charge in [-0.2, -0.15) is 0 Å². The molecule has 0 aromatic heterocycles. The van der Waals surface area contributed by atoms with E-state index in [2.05, 4.69) is 6.92 Å². The van der Waals surface area contributed by atoms with Gasteiger partial charge in [-0.25, -0.2) is 0 Å². The van der Waals surface area contributed by atoms with Crippen LogP contribution in [0.2, 0.25) is 0 Å². The minimum atomic E-state index is -0.562. The molecule has 4 atom stereocenters. The van der Waals surface area contributed by atoms with Gasteiger partial charge in [0.2, 0.25) is 24.1 Å². The van der Waals surface area contributed by atoms with Crippen molar-refractivity contribution in [3.8, 4) is 17.2 Å². The van der Waals surface area contributed by atoms with Crippen LogP contribution in [0.1, 0.15) is 44.6 Å². The fourth-order valence-electron chi connectivity index (χ4n) is 5.26. The second-order valence-electron chi connectivity index (χ2n) is 7.82. The normalized spacial score (nSPS) is 30.2. The van der Waals surface area contributed by atoms with Gasteiger partial charge in [0.1, 0.15) is 18.0 Å². The molecule has 0 unspecified atom stereocenters. The van der Waals surface area contributed by atoms with Crippen LogP contribution in [0, 0.1) is 5.41 Å². The zero-order valence-corrected chi connectivity index (χ0v) is 17.6. The van der Waals surface area contributed by atoms with Gasteiger partial charge in [-0.1, -0.05) is 13.3 Å². The summed E-state index contributed by atoms with van der Waals surface area (Å²) < 4.78 is 34.2. The van der Waals surface area contributed by atoms with Crippen LogP contribution >= 0.6 is 0 Å². The molecule has 1 saturated heterocycles. The maximum atomic E-state index is 12.8. The smallest absolute Gasteiger partial charge is 0.231 e. The van der Waals surface area contributed by atoms with Crippen molar-refractivity contribution >= 4 is 5.78 Å². The third-order valence-electron chi connectivity index (χ3n) is 6.32. The number of ether oxygens (including phenoxy) is 6. The number of hydrogen-bond acceptors (Lipinski definition) is 7. The van der Waals surface area contributed by atoms with Gasteiger partial charge < -0.3 is 28.4 Å². The lowest BCUT2D eigenvalue weighted by molar-refractivity contribution is -0.132. The van der Waals surface area contributed by atoms with Crippen molar-refractivity contribution < 1.29 is 33.2 Å². The van der Waals surface area contributed by atoms with Gasteiger partial charge in [-0.05, 0) is 37.5 Å². The van der Waals surface area contributed by atoms with Crippen LogP contribution in [0.5, 0.6) is 17.2 Å². The van der Waals surface area contributed by atoms with Crippen molar-refractivity contribution in [2.75, 3.05) is 28.1 Å². The van der Waals surface area contributed by atoms with Crippen LogP contribution in [0.15, 0.2) is 23.7 Å². The highest BCUT2D eigenvalue weighted by Gasteiger charge is 2.59. The zero-order chi connectivity index (χ0) is 20.8. The number of allylic oxidation sites excluding steroid dienone is 1. The second-order valence-corrected chi connectivity index (χ2v) is 7.82. The van der Waals surface area contributed by atoms with Gasteiger partial charge in [0.15, 0.2) is 11.5 Å². The molecule has 0 amide bonds. The van der Waals surface area contributed by atoms with Crippen molar-refractivity contribution in [1.29, 1.82) is 0 Å². The minimum absolute atomic E-state index is 0.0169. The van der Waals surface area contributed by atoms with Crippen LogP contribution in [0.4, 0.5) is 0 Å². The lowest BCUT2D eigenvalue weighted by Gasteiger charge is -2.40. The number of carbonyl (C=O) groups excluding carboxylic acids is 1. The number of rotatable bonds is 6. The first-order chi connectivity index (χ1) is 14.0. The van der Waals surface area contributed by atoms with Crippen molar-refractivity contribution in [2.24, 2.45) is 5.41 Å². The van der Waals surface area contributed by atoms with Gasteiger partial charge in [-0.15, -0.1) is 0 Å². The largest absolute Gasteiger partial charge is 0.493 e. The summed E-state index contributed by atoms with van der Waals surface area (Å²) in [6, 6.07) is 3.99. The standard InChI is InChI=1S/C22H28O7/c1-6-7-22-10-16(25-4)18(23)20(26-5)21(22)29-12(2)17(22)13-8-14(24-3)19-15(9-13)27-11-28-19/h8-9,12,16-17H,6-7,10-11H2,1-5H3/t12-,16+,17+,22-/m1/s1. The fourth-order valence-corrected chi connectivity index (χ4v) is 5.26. The maximum absolute atomic E-state index is 12.8. The molecule has 7 nitrogen and oxygen atoms in total. The molecule has 4 rings (SSSR count). The Bertz CT molecular complexity index is 846. The van der Waals surface area contributed by atoms with Crippen LogP contribution in [-0.4, -0.2) is 46.1 Å². The fraction of sp³-hybridized carbons (Fsp3) is 0.591. The van der Waals surface area contributed by atoms with E-state index in [4.69, 9.17) is 28.4 Å². The van der Waals surface area contributed by atoms with Crippen LogP contribution in [-0.2, 0) is 19.0 Å². The molecular weight excluding hydrogens is 376 g/mol. The minimum Gasteiger partial charge on any atom is -0.493 e. The average Bonchev–Trinajstić information content (AvgIpc) is 3.29. The Morgan fingerprint density at radius 3 is 2.62 bits per heavy atom. The third-order valence-corrected chi connectivity index (χ3v) is 6.32.